The zero-order valence-corrected chi connectivity index (χ0v) is 23.6. The Bertz CT molecular complexity index is 325. The average Bonchev–Trinajstić information content (AvgIpc) is 2.76. The molecule has 0 rings (SSSR count). The van der Waals surface area contributed by atoms with E-state index in [4.69, 9.17) is 12.2 Å². The second kappa shape index (κ2) is 30.2. The number of hydrogen-bond acceptors (Lipinski definition) is 1. The normalized spacial score (nSPS) is 10.6. The molecular formula is C27H59N2S2+. The molecule has 0 aromatic carbocycles. The highest BCUT2D eigenvalue weighted by Gasteiger charge is 1.98. The Morgan fingerprint density at radius 2 is 0.935 bits per heavy atom. The summed E-state index contributed by atoms with van der Waals surface area (Å²) < 4.78 is 0.709. The van der Waals surface area contributed by atoms with Gasteiger partial charge in [-0.05, 0) is 19.3 Å². The molecule has 0 amide bonds. The van der Waals surface area contributed by atoms with Crippen LogP contribution >= 0.6 is 24.8 Å². The van der Waals surface area contributed by atoms with Crippen molar-refractivity contribution in [3.63, 3.8) is 0 Å². The van der Waals surface area contributed by atoms with Crippen molar-refractivity contribution in [2.75, 3.05) is 27.2 Å². The van der Waals surface area contributed by atoms with Crippen LogP contribution in [0.4, 0.5) is 0 Å². The van der Waals surface area contributed by atoms with Crippen LogP contribution in [0.25, 0.3) is 0 Å². The van der Waals surface area contributed by atoms with Crippen molar-refractivity contribution in [2.45, 2.75) is 142 Å². The van der Waals surface area contributed by atoms with E-state index in [-0.39, 0.29) is 0 Å². The van der Waals surface area contributed by atoms with E-state index in [1.807, 2.05) is 11.9 Å². The van der Waals surface area contributed by atoms with Gasteiger partial charge in [-0.2, -0.15) is 0 Å². The fraction of sp³-hybridized carbons (Fsp3) is 0.963. The number of quaternary nitrogens is 1. The molecule has 2 N–H and O–H groups in total. The summed E-state index contributed by atoms with van der Waals surface area (Å²) in [5.74, 6) is 0. The predicted octanol–water partition coefficient (Wildman–Crippen LogP) is 8.15. The summed E-state index contributed by atoms with van der Waals surface area (Å²) in [6, 6.07) is 0. The molecule has 0 saturated carbocycles. The summed E-state index contributed by atoms with van der Waals surface area (Å²) in [6.45, 7) is 6.92. The van der Waals surface area contributed by atoms with Crippen LogP contribution in [0.3, 0.4) is 0 Å². The van der Waals surface area contributed by atoms with Gasteiger partial charge in [0.05, 0.1) is 13.6 Å². The van der Waals surface area contributed by atoms with Crippen molar-refractivity contribution in [2.24, 2.45) is 0 Å². The summed E-state index contributed by atoms with van der Waals surface area (Å²) >= 11 is 9.13. The fourth-order valence-corrected chi connectivity index (χ4v) is 3.96. The van der Waals surface area contributed by atoms with Crippen LogP contribution in [0.1, 0.15) is 142 Å². The summed E-state index contributed by atoms with van der Waals surface area (Å²) in [6.07, 6.45) is 28.3. The highest BCUT2D eigenvalue weighted by atomic mass is 32.1. The topological polar surface area (TPSA) is 19.9 Å². The second-order valence-corrected chi connectivity index (χ2v) is 10.4. The van der Waals surface area contributed by atoms with Crippen LogP contribution < -0.4 is 5.32 Å². The summed E-state index contributed by atoms with van der Waals surface area (Å²) in [5, 5.41) is 2.28. The van der Waals surface area contributed by atoms with Crippen LogP contribution in [0, 0.1) is 0 Å². The molecule has 4 heteroatoms. The lowest BCUT2D eigenvalue weighted by atomic mass is 10.1. The number of thiol groups is 1. The maximum atomic E-state index is 4.98. The molecule has 2 nitrogen and oxygen atoms in total. The van der Waals surface area contributed by atoms with Gasteiger partial charge in [-0.1, -0.05) is 135 Å². The third kappa shape index (κ3) is 32.5. The maximum absolute atomic E-state index is 4.98. The molecule has 0 saturated heterocycles. The molecule has 0 aromatic rings. The first kappa shape index (κ1) is 33.4. The monoisotopic (exact) mass is 475 g/mol. The molecule has 0 heterocycles. The fourth-order valence-electron chi connectivity index (χ4n) is 3.77. The van der Waals surface area contributed by atoms with Gasteiger partial charge in [-0.15, -0.1) is 12.6 Å². The Labute approximate surface area is 208 Å². The van der Waals surface area contributed by atoms with E-state index in [0.29, 0.717) is 4.32 Å². The van der Waals surface area contributed by atoms with E-state index in [1.165, 1.54) is 135 Å². The molecule has 0 bridgehead atoms. The van der Waals surface area contributed by atoms with E-state index < -0.39 is 0 Å². The van der Waals surface area contributed by atoms with E-state index in [9.17, 15) is 0 Å². The number of hydrogen-bond donors (Lipinski definition) is 2. The highest BCUT2D eigenvalue weighted by Crippen LogP contribution is 2.11. The molecule has 0 atom stereocenters. The van der Waals surface area contributed by atoms with Crippen molar-refractivity contribution in [1.82, 2.24) is 4.90 Å². The van der Waals surface area contributed by atoms with Gasteiger partial charge in [-0.25, -0.2) is 0 Å². The van der Waals surface area contributed by atoms with Gasteiger partial charge in [0.1, 0.15) is 4.32 Å². The largest absolute Gasteiger partial charge is 0.361 e. The minimum Gasteiger partial charge on any atom is -0.361 e. The van der Waals surface area contributed by atoms with Gasteiger partial charge in [0.25, 0.3) is 0 Å². The number of nitrogens with two attached hydrogens (primary N) is 1. The first-order chi connectivity index (χ1) is 15.1. The Morgan fingerprint density at radius 1 is 0.613 bits per heavy atom. The minimum absolute atomic E-state index is 0.709. The maximum Gasteiger partial charge on any atom is 0.133 e. The lowest BCUT2D eigenvalue weighted by Gasteiger charge is -2.15. The lowest BCUT2D eigenvalue weighted by Crippen LogP contribution is -2.79. The Kier molecular flexibility index (Phi) is 32.5. The number of nitrogens with zero attached hydrogens (tertiary/aromatic N) is 1. The smallest absolute Gasteiger partial charge is 0.133 e. The Morgan fingerprint density at radius 3 is 1.26 bits per heavy atom. The molecule has 0 fully saturated rings. The zero-order chi connectivity index (χ0) is 23.4. The van der Waals surface area contributed by atoms with E-state index >= 15 is 0 Å². The third-order valence-electron chi connectivity index (χ3n) is 6.02. The Hall–Kier alpha value is 0.200. The molecule has 0 aliphatic heterocycles. The van der Waals surface area contributed by atoms with Gasteiger partial charge in [-0.3, -0.25) is 0 Å². The number of thiocarbonyl (C=S) groups is 1. The molecule has 0 spiro atoms. The van der Waals surface area contributed by atoms with Gasteiger partial charge < -0.3 is 10.2 Å². The van der Waals surface area contributed by atoms with Crippen LogP contribution in [-0.4, -0.2) is 36.4 Å². The summed E-state index contributed by atoms with van der Waals surface area (Å²) in [4.78, 5) is 2.04. The quantitative estimate of drug-likeness (QED) is 0.0935. The molecule has 0 unspecified atom stereocenters. The molecular weight excluding hydrogens is 416 g/mol. The van der Waals surface area contributed by atoms with E-state index in [2.05, 4.69) is 38.8 Å². The van der Waals surface area contributed by atoms with Gasteiger partial charge in [0.2, 0.25) is 0 Å². The molecule has 188 valence electrons. The molecule has 0 aliphatic carbocycles. The molecule has 0 aliphatic rings. The zero-order valence-electron chi connectivity index (χ0n) is 21.9. The van der Waals surface area contributed by atoms with E-state index in [1.54, 1.807) is 0 Å². The average molecular weight is 476 g/mol. The van der Waals surface area contributed by atoms with Crippen molar-refractivity contribution < 1.29 is 5.32 Å². The highest BCUT2D eigenvalue weighted by molar-refractivity contribution is 8.10. The van der Waals surface area contributed by atoms with Crippen LogP contribution in [0.5, 0.6) is 0 Å². The van der Waals surface area contributed by atoms with Gasteiger partial charge >= 0.3 is 0 Å². The molecule has 0 radical (unpaired) electrons. The summed E-state index contributed by atoms with van der Waals surface area (Å²) in [5.41, 5.74) is 0. The summed E-state index contributed by atoms with van der Waals surface area (Å²) in [7, 11) is 4.18. The second-order valence-electron chi connectivity index (χ2n) is 9.27. The minimum atomic E-state index is 0.709. The molecule has 0 aromatic heterocycles. The third-order valence-corrected chi connectivity index (χ3v) is 6.67. The Balaban J connectivity index is 0. The number of rotatable bonds is 22. The van der Waals surface area contributed by atoms with Crippen molar-refractivity contribution >= 4 is 29.2 Å². The van der Waals surface area contributed by atoms with Crippen molar-refractivity contribution in [3.05, 3.63) is 0 Å². The van der Waals surface area contributed by atoms with Crippen LogP contribution in [0.15, 0.2) is 0 Å². The van der Waals surface area contributed by atoms with Gasteiger partial charge in [0.15, 0.2) is 0 Å². The SMILES string of the molecule is CCCCCCCCCCCCN(C)C(=S)S.CCCCCCCCCCCC[NH2+]C. The first-order valence-corrected chi connectivity index (χ1v) is 14.7. The van der Waals surface area contributed by atoms with Crippen LogP contribution in [0.2, 0.25) is 0 Å². The standard InChI is InChI=1S/C14H29NS2.C13H29N/c1-3-4-5-6-7-8-9-10-11-12-13-15(2)14(16)17;1-3-4-5-6-7-8-9-10-11-12-13-14-2/h3-13H2,1-2H3,(H,16,17);14H,3-13H2,1-2H3/p+1. The molecule has 31 heavy (non-hydrogen) atoms. The van der Waals surface area contributed by atoms with Crippen LogP contribution in [-0.2, 0) is 0 Å². The lowest BCUT2D eigenvalue weighted by molar-refractivity contribution is -0.627. The predicted molar refractivity (Wildman–Crippen MR) is 151 cm³/mol. The van der Waals surface area contributed by atoms with Gasteiger partial charge in [0, 0.05) is 13.6 Å². The number of unbranched alkanes of at least 4 members (excludes halogenated alkanes) is 18. The van der Waals surface area contributed by atoms with E-state index in [0.717, 1.165) is 6.54 Å². The first-order valence-electron chi connectivity index (χ1n) is 13.8. The van der Waals surface area contributed by atoms with Crippen molar-refractivity contribution in [3.8, 4) is 0 Å². The van der Waals surface area contributed by atoms with Crippen molar-refractivity contribution in [1.29, 1.82) is 0 Å².